The summed E-state index contributed by atoms with van der Waals surface area (Å²) in [5.41, 5.74) is 7.76. The number of carbonyl (C=O) groups excluding carboxylic acids is 1. The number of methoxy groups -OCH3 is 1. The molecule has 0 aliphatic heterocycles. The monoisotopic (exact) mass is 296 g/mol. The van der Waals surface area contributed by atoms with Crippen LogP contribution >= 0.6 is 15.9 Å². The Labute approximate surface area is 107 Å². The molecule has 2 aromatic rings. The van der Waals surface area contributed by atoms with Crippen molar-refractivity contribution in [3.05, 3.63) is 34.4 Å². The van der Waals surface area contributed by atoms with E-state index < -0.39 is 0 Å². The largest absolute Gasteiger partial charge is 0.469 e. The zero-order valence-corrected chi connectivity index (χ0v) is 11.0. The van der Waals surface area contributed by atoms with Crippen LogP contribution in [0.2, 0.25) is 0 Å². The zero-order valence-electron chi connectivity index (χ0n) is 9.37. The summed E-state index contributed by atoms with van der Waals surface area (Å²) in [5.74, 6) is -0.308. The summed E-state index contributed by atoms with van der Waals surface area (Å²) in [5, 5.41) is 1.07. The molecule has 0 amide bonds. The van der Waals surface area contributed by atoms with Crippen molar-refractivity contribution in [2.45, 2.75) is 12.5 Å². The van der Waals surface area contributed by atoms with E-state index in [1.165, 1.54) is 7.11 Å². The second-order valence-corrected chi connectivity index (χ2v) is 4.76. The normalized spacial score (nSPS) is 12.6. The highest BCUT2D eigenvalue weighted by Gasteiger charge is 2.14. The van der Waals surface area contributed by atoms with Crippen LogP contribution in [-0.2, 0) is 9.53 Å². The van der Waals surface area contributed by atoms with Crippen molar-refractivity contribution in [2.75, 3.05) is 7.11 Å². The summed E-state index contributed by atoms with van der Waals surface area (Å²) >= 11 is 3.40. The quantitative estimate of drug-likeness (QED) is 0.855. The number of rotatable bonds is 3. The van der Waals surface area contributed by atoms with E-state index in [2.05, 4.69) is 25.7 Å². The number of hydrogen-bond acceptors (Lipinski definition) is 3. The fourth-order valence-electron chi connectivity index (χ4n) is 1.69. The lowest BCUT2D eigenvalue weighted by atomic mass is 10.1. The van der Waals surface area contributed by atoms with Gasteiger partial charge < -0.3 is 15.5 Å². The maximum Gasteiger partial charge on any atom is 0.307 e. The number of aromatic amines is 1. The first-order valence-electron chi connectivity index (χ1n) is 5.20. The van der Waals surface area contributed by atoms with Gasteiger partial charge in [-0.15, -0.1) is 0 Å². The number of ether oxygens (including phenoxy) is 1. The summed E-state index contributed by atoms with van der Waals surface area (Å²) in [6.07, 6.45) is 0.171. The molecule has 3 N–H and O–H groups in total. The molecular weight excluding hydrogens is 284 g/mol. The van der Waals surface area contributed by atoms with Gasteiger partial charge in [-0.2, -0.15) is 0 Å². The second-order valence-electron chi connectivity index (χ2n) is 3.84. The molecule has 0 aliphatic rings. The summed E-state index contributed by atoms with van der Waals surface area (Å²) < 4.78 is 5.60. The van der Waals surface area contributed by atoms with Gasteiger partial charge in [-0.25, -0.2) is 0 Å². The standard InChI is InChI=1S/C12H13BrN2O2/c1-17-12(16)6-9(14)11-4-7-2-3-8(13)5-10(7)15-11/h2-5,9,15H,6,14H2,1H3/t9-/m0/s1. The molecule has 2 rings (SSSR count). The van der Waals surface area contributed by atoms with Gasteiger partial charge in [0.15, 0.2) is 0 Å². The molecule has 90 valence electrons. The molecule has 0 bridgehead atoms. The predicted molar refractivity (Wildman–Crippen MR) is 69.6 cm³/mol. The number of esters is 1. The van der Waals surface area contributed by atoms with Crippen molar-refractivity contribution < 1.29 is 9.53 Å². The minimum Gasteiger partial charge on any atom is -0.469 e. The van der Waals surface area contributed by atoms with Gasteiger partial charge in [-0.3, -0.25) is 4.79 Å². The Morgan fingerprint density at radius 2 is 2.29 bits per heavy atom. The van der Waals surface area contributed by atoms with E-state index in [0.29, 0.717) is 0 Å². The minimum atomic E-state index is -0.367. The highest BCUT2D eigenvalue weighted by molar-refractivity contribution is 9.10. The molecule has 0 saturated heterocycles. The van der Waals surface area contributed by atoms with Gasteiger partial charge in [0.2, 0.25) is 0 Å². The first kappa shape index (κ1) is 12.1. The molecule has 0 fully saturated rings. The van der Waals surface area contributed by atoms with Crippen LogP contribution in [-0.4, -0.2) is 18.1 Å². The van der Waals surface area contributed by atoms with E-state index in [0.717, 1.165) is 21.1 Å². The smallest absolute Gasteiger partial charge is 0.307 e. The first-order chi connectivity index (χ1) is 8.10. The molecule has 17 heavy (non-hydrogen) atoms. The fourth-order valence-corrected chi connectivity index (χ4v) is 2.06. The van der Waals surface area contributed by atoms with E-state index in [1.54, 1.807) is 0 Å². The average Bonchev–Trinajstić information content (AvgIpc) is 2.71. The van der Waals surface area contributed by atoms with E-state index in [4.69, 9.17) is 5.73 Å². The molecule has 1 aromatic carbocycles. The molecule has 5 heteroatoms. The maximum atomic E-state index is 11.1. The summed E-state index contributed by atoms with van der Waals surface area (Å²) in [6.45, 7) is 0. The molecule has 0 spiro atoms. The van der Waals surface area contributed by atoms with Gasteiger partial charge >= 0.3 is 5.97 Å². The fraction of sp³-hybridized carbons (Fsp3) is 0.250. The van der Waals surface area contributed by atoms with Gasteiger partial charge in [-0.1, -0.05) is 22.0 Å². The Bertz CT molecular complexity index is 550. The van der Waals surface area contributed by atoms with Gasteiger partial charge in [-0.05, 0) is 23.6 Å². The summed E-state index contributed by atoms with van der Waals surface area (Å²) in [4.78, 5) is 14.3. The van der Waals surface area contributed by atoms with Gasteiger partial charge in [0, 0.05) is 15.7 Å². The minimum absolute atomic E-state index is 0.171. The number of halogens is 1. The number of carbonyl (C=O) groups is 1. The third-order valence-electron chi connectivity index (χ3n) is 2.62. The molecule has 1 heterocycles. The lowest BCUT2D eigenvalue weighted by Crippen LogP contribution is -2.16. The van der Waals surface area contributed by atoms with E-state index in [9.17, 15) is 4.79 Å². The van der Waals surface area contributed by atoms with Crippen molar-refractivity contribution in [3.63, 3.8) is 0 Å². The zero-order chi connectivity index (χ0) is 12.4. The Kier molecular flexibility index (Phi) is 3.49. The molecular formula is C12H13BrN2O2. The maximum absolute atomic E-state index is 11.1. The van der Waals surface area contributed by atoms with Crippen LogP contribution in [0, 0.1) is 0 Å². The van der Waals surface area contributed by atoms with Crippen molar-refractivity contribution in [3.8, 4) is 0 Å². The molecule has 1 aromatic heterocycles. The molecule has 1 atom stereocenters. The van der Waals surface area contributed by atoms with Crippen LogP contribution in [0.15, 0.2) is 28.7 Å². The third-order valence-corrected chi connectivity index (χ3v) is 3.11. The van der Waals surface area contributed by atoms with Gasteiger partial charge in [0.05, 0.1) is 19.6 Å². The van der Waals surface area contributed by atoms with Crippen LogP contribution in [0.3, 0.4) is 0 Å². The number of aromatic nitrogens is 1. The van der Waals surface area contributed by atoms with Crippen molar-refractivity contribution in [2.24, 2.45) is 5.73 Å². The number of nitrogens with one attached hydrogen (secondary N) is 1. The van der Waals surface area contributed by atoms with Gasteiger partial charge in [0.25, 0.3) is 0 Å². The first-order valence-corrected chi connectivity index (χ1v) is 6.00. The third kappa shape index (κ3) is 2.68. The van der Waals surface area contributed by atoms with Crippen LogP contribution in [0.25, 0.3) is 10.9 Å². The average molecular weight is 297 g/mol. The Hall–Kier alpha value is -1.33. The molecule has 0 radical (unpaired) electrons. The van der Waals surface area contributed by atoms with Crippen LogP contribution in [0.4, 0.5) is 0 Å². The Balaban J connectivity index is 2.27. The van der Waals surface area contributed by atoms with Crippen LogP contribution in [0.5, 0.6) is 0 Å². The number of fused-ring (bicyclic) bond motifs is 1. The van der Waals surface area contributed by atoms with Gasteiger partial charge in [0.1, 0.15) is 0 Å². The SMILES string of the molecule is COC(=O)C[C@H](N)c1cc2ccc(Br)cc2[nH]1. The topological polar surface area (TPSA) is 68.1 Å². The molecule has 0 unspecified atom stereocenters. The van der Waals surface area contributed by atoms with Crippen molar-refractivity contribution in [1.82, 2.24) is 4.98 Å². The van der Waals surface area contributed by atoms with E-state index >= 15 is 0 Å². The molecule has 0 saturated carbocycles. The Morgan fingerprint density at radius 3 is 3.00 bits per heavy atom. The Morgan fingerprint density at radius 1 is 1.53 bits per heavy atom. The number of hydrogen-bond donors (Lipinski definition) is 2. The highest BCUT2D eigenvalue weighted by atomic mass is 79.9. The number of H-pyrrole nitrogens is 1. The molecule has 0 aliphatic carbocycles. The summed E-state index contributed by atoms with van der Waals surface area (Å²) in [6, 6.07) is 7.52. The van der Waals surface area contributed by atoms with Crippen molar-refractivity contribution >= 4 is 32.8 Å². The van der Waals surface area contributed by atoms with E-state index in [-0.39, 0.29) is 18.4 Å². The number of nitrogens with two attached hydrogens (primary N) is 1. The number of benzene rings is 1. The lowest BCUT2D eigenvalue weighted by molar-refractivity contribution is -0.141. The highest BCUT2D eigenvalue weighted by Crippen LogP contribution is 2.23. The van der Waals surface area contributed by atoms with Crippen molar-refractivity contribution in [1.29, 1.82) is 0 Å². The van der Waals surface area contributed by atoms with Crippen LogP contribution < -0.4 is 5.73 Å². The predicted octanol–water partition coefficient (Wildman–Crippen LogP) is 2.49. The second kappa shape index (κ2) is 4.89. The van der Waals surface area contributed by atoms with Crippen LogP contribution in [0.1, 0.15) is 18.2 Å². The lowest BCUT2D eigenvalue weighted by Gasteiger charge is -2.07. The molecule has 4 nitrogen and oxygen atoms in total. The van der Waals surface area contributed by atoms with E-state index in [1.807, 2.05) is 24.3 Å². The summed E-state index contributed by atoms with van der Waals surface area (Å²) in [7, 11) is 1.36.